The number of halogens is 1. The van der Waals surface area contributed by atoms with Crippen LogP contribution < -0.4 is 9.47 Å². The molecule has 0 aliphatic heterocycles. The molecule has 160 valence electrons. The average molecular weight is 427 g/mol. The van der Waals surface area contributed by atoms with Gasteiger partial charge in [0.15, 0.2) is 11.5 Å². The highest BCUT2D eigenvalue weighted by Gasteiger charge is 2.11. The maximum Gasteiger partial charge on any atom is 0.161 e. The molecule has 5 nitrogen and oxygen atoms in total. The summed E-state index contributed by atoms with van der Waals surface area (Å²) in [5.41, 5.74) is 4.73. The number of H-pyrrole nitrogens is 1. The van der Waals surface area contributed by atoms with Gasteiger partial charge >= 0.3 is 0 Å². The first kappa shape index (κ1) is 21.1. The van der Waals surface area contributed by atoms with Crippen LogP contribution in [-0.4, -0.2) is 16.6 Å². The predicted octanol–water partition coefficient (Wildman–Crippen LogP) is 6.05. The third-order valence-corrected chi connectivity index (χ3v) is 4.87. The first-order valence-electron chi connectivity index (χ1n) is 10.3. The number of imidazole rings is 1. The van der Waals surface area contributed by atoms with Crippen LogP contribution in [0.3, 0.4) is 0 Å². The summed E-state index contributed by atoms with van der Waals surface area (Å²) in [6.45, 7) is 4.57. The van der Waals surface area contributed by atoms with Crippen molar-refractivity contribution in [2.24, 2.45) is 0 Å². The lowest BCUT2D eigenvalue weighted by molar-refractivity contribution is 0.269. The molecule has 1 heterocycles. The van der Waals surface area contributed by atoms with E-state index >= 15 is 0 Å². The van der Waals surface area contributed by atoms with Gasteiger partial charge < -0.3 is 14.5 Å². The number of allylic oxidation sites excluding steroid dienone is 1. The molecule has 0 radical (unpaired) electrons. The van der Waals surface area contributed by atoms with Gasteiger partial charge in [-0.15, -0.1) is 0 Å². The van der Waals surface area contributed by atoms with Crippen LogP contribution in [0.1, 0.15) is 29.4 Å². The van der Waals surface area contributed by atoms with Gasteiger partial charge in [-0.2, -0.15) is 5.26 Å². The number of aryl methyl sites for hydroxylation is 1. The van der Waals surface area contributed by atoms with Gasteiger partial charge in [0.1, 0.15) is 24.3 Å². The van der Waals surface area contributed by atoms with Gasteiger partial charge in [-0.25, -0.2) is 9.37 Å². The zero-order valence-corrected chi connectivity index (χ0v) is 17.9. The number of benzene rings is 3. The molecule has 1 N–H and O–H groups in total. The number of hydrogen-bond donors (Lipinski definition) is 1. The summed E-state index contributed by atoms with van der Waals surface area (Å²) < 4.78 is 25.0. The molecule has 1 aromatic heterocycles. The topological polar surface area (TPSA) is 70.9 Å². The lowest BCUT2D eigenvalue weighted by atomic mass is 10.1. The van der Waals surface area contributed by atoms with Crippen molar-refractivity contribution in [3.05, 3.63) is 89.0 Å². The fourth-order valence-electron chi connectivity index (χ4n) is 3.36. The Morgan fingerprint density at radius 1 is 1.09 bits per heavy atom. The molecular formula is C26H22FN3O2. The molecule has 6 heteroatoms. The molecule has 0 amide bonds. The Morgan fingerprint density at radius 2 is 1.97 bits per heavy atom. The van der Waals surface area contributed by atoms with Crippen LogP contribution in [0.4, 0.5) is 4.39 Å². The third kappa shape index (κ3) is 4.79. The summed E-state index contributed by atoms with van der Waals surface area (Å²) in [4.78, 5) is 7.75. The molecule has 0 saturated heterocycles. The van der Waals surface area contributed by atoms with E-state index in [1.165, 1.54) is 12.1 Å². The number of aromatic amines is 1. The van der Waals surface area contributed by atoms with E-state index in [-0.39, 0.29) is 12.4 Å². The van der Waals surface area contributed by atoms with E-state index in [9.17, 15) is 9.65 Å². The van der Waals surface area contributed by atoms with E-state index in [0.29, 0.717) is 29.5 Å². The van der Waals surface area contributed by atoms with Crippen molar-refractivity contribution in [2.75, 3.05) is 6.61 Å². The molecular weight excluding hydrogens is 405 g/mol. The molecule has 0 bridgehead atoms. The Bertz CT molecular complexity index is 1330. The number of ether oxygens (including phenoxy) is 2. The van der Waals surface area contributed by atoms with E-state index in [2.05, 4.69) is 16.0 Å². The second kappa shape index (κ2) is 9.36. The SMILES string of the molecule is CCOc1cc(/C=C(/C#N)c2nc3ccc(C)cc3[nH]2)ccc1OCc1cccc(F)c1. The monoisotopic (exact) mass is 427 g/mol. The summed E-state index contributed by atoms with van der Waals surface area (Å²) in [7, 11) is 0. The number of nitrogens with one attached hydrogen (secondary N) is 1. The standard InChI is InChI=1S/C26H22FN3O2/c1-3-31-25-14-18(8-10-24(25)32-16-19-5-4-6-21(27)13-19)12-20(15-28)26-29-22-9-7-17(2)11-23(22)30-26/h4-14H,3,16H2,1-2H3,(H,29,30)/b20-12-. The highest BCUT2D eigenvalue weighted by Crippen LogP contribution is 2.31. The molecule has 0 saturated carbocycles. The molecule has 0 unspecified atom stereocenters. The van der Waals surface area contributed by atoms with Crippen molar-refractivity contribution in [1.29, 1.82) is 5.26 Å². The minimum Gasteiger partial charge on any atom is -0.490 e. The van der Waals surface area contributed by atoms with Crippen LogP contribution in [0.5, 0.6) is 11.5 Å². The quantitative estimate of drug-likeness (QED) is 0.364. The highest BCUT2D eigenvalue weighted by atomic mass is 19.1. The first-order chi connectivity index (χ1) is 15.6. The second-order valence-corrected chi connectivity index (χ2v) is 7.33. The van der Waals surface area contributed by atoms with E-state index in [0.717, 1.165) is 27.7 Å². The summed E-state index contributed by atoms with van der Waals surface area (Å²) in [6, 6.07) is 19.9. The summed E-state index contributed by atoms with van der Waals surface area (Å²) >= 11 is 0. The lowest BCUT2D eigenvalue weighted by Crippen LogP contribution is -2.00. The maximum atomic E-state index is 13.4. The fraction of sp³-hybridized carbons (Fsp3) is 0.154. The minimum atomic E-state index is -0.304. The van der Waals surface area contributed by atoms with Crippen molar-refractivity contribution in [2.45, 2.75) is 20.5 Å². The number of fused-ring (bicyclic) bond motifs is 1. The van der Waals surface area contributed by atoms with Crippen LogP contribution in [0.25, 0.3) is 22.7 Å². The number of hydrogen-bond acceptors (Lipinski definition) is 4. The van der Waals surface area contributed by atoms with Crippen LogP contribution in [0.2, 0.25) is 0 Å². The van der Waals surface area contributed by atoms with Crippen molar-refractivity contribution in [1.82, 2.24) is 9.97 Å². The Morgan fingerprint density at radius 3 is 2.75 bits per heavy atom. The summed E-state index contributed by atoms with van der Waals surface area (Å²) in [6.07, 6.45) is 1.75. The predicted molar refractivity (Wildman–Crippen MR) is 123 cm³/mol. The second-order valence-electron chi connectivity index (χ2n) is 7.33. The van der Waals surface area contributed by atoms with Gasteiger partial charge in [0.25, 0.3) is 0 Å². The van der Waals surface area contributed by atoms with Crippen LogP contribution >= 0.6 is 0 Å². The Kier molecular flexibility index (Phi) is 6.18. The normalized spacial score (nSPS) is 11.4. The van der Waals surface area contributed by atoms with E-state index in [4.69, 9.17) is 9.47 Å². The van der Waals surface area contributed by atoms with Crippen molar-refractivity contribution in [3.8, 4) is 17.6 Å². The van der Waals surface area contributed by atoms with Crippen molar-refractivity contribution in [3.63, 3.8) is 0 Å². The van der Waals surface area contributed by atoms with Gasteiger partial charge in [-0.3, -0.25) is 0 Å². The largest absolute Gasteiger partial charge is 0.490 e. The van der Waals surface area contributed by atoms with E-state index < -0.39 is 0 Å². The van der Waals surface area contributed by atoms with E-state index in [1.807, 2.05) is 44.2 Å². The molecule has 0 fully saturated rings. The Hall–Kier alpha value is -4.11. The van der Waals surface area contributed by atoms with Crippen LogP contribution in [0, 0.1) is 24.1 Å². The third-order valence-electron chi connectivity index (χ3n) is 4.87. The summed E-state index contributed by atoms with van der Waals surface area (Å²) in [5, 5.41) is 9.72. The van der Waals surface area contributed by atoms with E-state index in [1.54, 1.807) is 24.3 Å². The molecule has 4 rings (SSSR count). The number of aromatic nitrogens is 2. The Balaban J connectivity index is 1.61. The molecule has 0 aliphatic rings. The smallest absolute Gasteiger partial charge is 0.161 e. The number of nitriles is 1. The van der Waals surface area contributed by atoms with Gasteiger partial charge in [0, 0.05) is 0 Å². The fourth-order valence-corrected chi connectivity index (χ4v) is 3.36. The average Bonchev–Trinajstić information content (AvgIpc) is 3.20. The minimum absolute atomic E-state index is 0.217. The van der Waals surface area contributed by atoms with Gasteiger partial charge in [-0.05, 0) is 73.0 Å². The highest BCUT2D eigenvalue weighted by molar-refractivity contribution is 5.90. The number of nitrogens with zero attached hydrogens (tertiary/aromatic N) is 2. The number of rotatable bonds is 7. The van der Waals surface area contributed by atoms with Gasteiger partial charge in [0.05, 0.1) is 23.2 Å². The molecule has 0 aliphatic carbocycles. The van der Waals surface area contributed by atoms with Crippen LogP contribution in [-0.2, 0) is 6.61 Å². The van der Waals surface area contributed by atoms with Crippen molar-refractivity contribution >= 4 is 22.7 Å². The molecule has 4 aromatic rings. The molecule has 3 aromatic carbocycles. The van der Waals surface area contributed by atoms with Crippen molar-refractivity contribution < 1.29 is 13.9 Å². The molecule has 0 atom stereocenters. The lowest BCUT2D eigenvalue weighted by Gasteiger charge is -2.13. The molecule has 32 heavy (non-hydrogen) atoms. The Labute approximate surface area is 185 Å². The van der Waals surface area contributed by atoms with Crippen LogP contribution in [0.15, 0.2) is 60.7 Å². The first-order valence-corrected chi connectivity index (χ1v) is 10.3. The van der Waals surface area contributed by atoms with Gasteiger partial charge in [-0.1, -0.05) is 24.3 Å². The maximum absolute atomic E-state index is 13.4. The summed E-state index contributed by atoms with van der Waals surface area (Å²) in [5.74, 6) is 1.31. The zero-order chi connectivity index (χ0) is 22.5. The zero-order valence-electron chi connectivity index (χ0n) is 17.9. The van der Waals surface area contributed by atoms with Gasteiger partial charge in [0.2, 0.25) is 0 Å². The molecule has 0 spiro atoms.